The predicted octanol–water partition coefficient (Wildman–Crippen LogP) is 4.83. The number of benzene rings is 2. The van der Waals surface area contributed by atoms with E-state index in [0.29, 0.717) is 22.5 Å². The Morgan fingerprint density at radius 1 is 1.22 bits per heavy atom. The molecule has 1 unspecified atom stereocenters. The molecule has 0 radical (unpaired) electrons. The van der Waals surface area contributed by atoms with Crippen LogP contribution in [0.15, 0.2) is 51.9 Å². The number of amides is 1. The van der Waals surface area contributed by atoms with Crippen molar-refractivity contribution in [2.24, 2.45) is 9.50 Å². The zero-order chi connectivity index (χ0) is 27.7. The van der Waals surface area contributed by atoms with Crippen molar-refractivity contribution in [3.05, 3.63) is 76.2 Å². The van der Waals surface area contributed by atoms with E-state index in [-0.39, 0.29) is 34.4 Å². The first kappa shape index (κ1) is 28.2. The molecule has 3 aromatic rings. The number of hydrogen-bond donors (Lipinski definition) is 2. The second kappa shape index (κ2) is 10.5. The van der Waals surface area contributed by atoms with Crippen LogP contribution in [0.3, 0.4) is 0 Å². The smallest absolute Gasteiger partial charge is 0.259 e. The quantitative estimate of drug-likeness (QED) is 0.456. The van der Waals surface area contributed by atoms with Gasteiger partial charge in [0.15, 0.2) is 14.9 Å². The van der Waals surface area contributed by atoms with Crippen molar-refractivity contribution in [1.82, 2.24) is 9.78 Å². The summed E-state index contributed by atoms with van der Waals surface area (Å²) in [6, 6.07) is 13.6. The van der Waals surface area contributed by atoms with E-state index in [1.165, 1.54) is 16.8 Å². The maximum absolute atomic E-state index is 15.1. The number of nitrogens with zero attached hydrogens (tertiary/aromatic N) is 4. The lowest BCUT2D eigenvalue weighted by molar-refractivity contribution is -0.117. The second-order valence-corrected chi connectivity index (χ2v) is 11.8. The van der Waals surface area contributed by atoms with E-state index < -0.39 is 27.2 Å². The van der Waals surface area contributed by atoms with Gasteiger partial charge in [0.2, 0.25) is 0 Å². The summed E-state index contributed by atoms with van der Waals surface area (Å²) in [4.78, 5) is 13.1. The van der Waals surface area contributed by atoms with Gasteiger partial charge in [-0.25, -0.2) is 18.4 Å². The second-order valence-electron chi connectivity index (χ2n) is 10.0. The van der Waals surface area contributed by atoms with Crippen molar-refractivity contribution in [3.63, 3.8) is 0 Å². The van der Waals surface area contributed by atoms with Crippen LogP contribution in [0.5, 0.6) is 0 Å². The van der Waals surface area contributed by atoms with Gasteiger partial charge in [0, 0.05) is 6.07 Å². The Labute approximate surface area is 217 Å². The van der Waals surface area contributed by atoms with Crippen LogP contribution < -0.4 is 5.14 Å². The van der Waals surface area contributed by atoms with Crippen molar-refractivity contribution >= 4 is 15.8 Å². The Bertz CT molecular complexity index is 1490. The van der Waals surface area contributed by atoms with E-state index in [2.05, 4.69) is 9.46 Å². The molecule has 1 aromatic heterocycles. The average Bonchev–Trinajstić information content (AvgIpc) is 3.26. The summed E-state index contributed by atoms with van der Waals surface area (Å²) in [6.45, 7) is 10.4. The Morgan fingerprint density at radius 3 is 2.35 bits per heavy atom. The Kier molecular flexibility index (Phi) is 8.03. The average molecular weight is 526 g/mol. The third-order valence-electron chi connectivity index (χ3n) is 5.95. The summed E-state index contributed by atoms with van der Waals surface area (Å²) in [5.41, 5.74) is 0.778. The molecule has 1 atom stereocenters. The lowest BCUT2D eigenvalue weighted by Crippen LogP contribution is -2.20. The molecule has 8 nitrogen and oxygen atoms in total. The van der Waals surface area contributed by atoms with E-state index in [1.807, 2.05) is 26.0 Å². The van der Waals surface area contributed by atoms with Crippen molar-refractivity contribution in [1.29, 1.82) is 5.26 Å². The normalized spacial score (nSPS) is 13.5. The molecule has 3 rings (SSSR count). The molecule has 0 aliphatic rings. The first-order valence-corrected chi connectivity index (χ1v) is 13.5. The zero-order valence-electron chi connectivity index (χ0n) is 21.8. The fraction of sp³-hybridized carbons (Fsp3) is 0.370. The monoisotopic (exact) mass is 525 g/mol. The van der Waals surface area contributed by atoms with E-state index in [9.17, 15) is 19.4 Å². The number of nitrogens with two attached hydrogens (primary N) is 1. The molecule has 0 spiro atoms. The minimum atomic E-state index is -3.80. The van der Waals surface area contributed by atoms with Gasteiger partial charge in [0.05, 0.1) is 23.4 Å². The van der Waals surface area contributed by atoms with Gasteiger partial charge < -0.3 is 5.11 Å². The maximum atomic E-state index is 15.1. The number of aliphatic hydroxyl groups is 1. The van der Waals surface area contributed by atoms with Gasteiger partial charge in [-0.15, -0.1) is 4.36 Å². The summed E-state index contributed by atoms with van der Waals surface area (Å²) in [7, 11) is -3.80. The molecule has 0 aliphatic heterocycles. The molecular weight excluding hydrogens is 493 g/mol. The highest BCUT2D eigenvalue weighted by atomic mass is 32.2. The predicted molar refractivity (Wildman–Crippen MR) is 140 cm³/mol. The Morgan fingerprint density at radius 2 is 1.84 bits per heavy atom. The first-order chi connectivity index (χ1) is 17.2. The fourth-order valence-electron chi connectivity index (χ4n) is 4.22. The van der Waals surface area contributed by atoms with Gasteiger partial charge in [-0.2, -0.15) is 10.4 Å². The molecule has 1 heterocycles. The summed E-state index contributed by atoms with van der Waals surface area (Å²) < 4.78 is 33.8. The highest BCUT2D eigenvalue weighted by molar-refractivity contribution is 7.91. The van der Waals surface area contributed by atoms with E-state index >= 15 is 4.39 Å². The molecule has 0 saturated carbocycles. The molecule has 0 saturated heterocycles. The van der Waals surface area contributed by atoms with Crippen LogP contribution in [0.2, 0.25) is 0 Å². The van der Waals surface area contributed by atoms with Crippen molar-refractivity contribution in [3.8, 4) is 11.8 Å². The summed E-state index contributed by atoms with van der Waals surface area (Å²) in [5.74, 6) is -1.90. The van der Waals surface area contributed by atoms with Crippen molar-refractivity contribution < 1.29 is 18.5 Å². The van der Waals surface area contributed by atoms with Crippen LogP contribution >= 0.6 is 0 Å². The van der Waals surface area contributed by atoms with Gasteiger partial charge in [-0.05, 0) is 60.6 Å². The number of aromatic nitrogens is 2. The van der Waals surface area contributed by atoms with Crippen molar-refractivity contribution in [2.45, 2.75) is 70.4 Å². The molecule has 0 aliphatic carbocycles. The zero-order valence-corrected chi connectivity index (χ0v) is 22.6. The first-order valence-electron chi connectivity index (χ1n) is 11.9. The van der Waals surface area contributed by atoms with E-state index in [4.69, 9.17) is 5.14 Å². The third kappa shape index (κ3) is 5.96. The number of nitriles is 1. The highest BCUT2D eigenvalue weighted by Gasteiger charge is 2.28. The van der Waals surface area contributed by atoms with Gasteiger partial charge in [0.25, 0.3) is 5.91 Å². The molecule has 1 amide bonds. The molecular formula is C27H32FN5O3S. The molecule has 196 valence electrons. The summed E-state index contributed by atoms with van der Waals surface area (Å²) >= 11 is 0. The maximum Gasteiger partial charge on any atom is 0.259 e. The van der Waals surface area contributed by atoms with Crippen LogP contribution in [0.25, 0.3) is 5.69 Å². The van der Waals surface area contributed by atoms with Crippen molar-refractivity contribution in [2.75, 3.05) is 0 Å². The van der Waals surface area contributed by atoms with Gasteiger partial charge in [-0.3, -0.25) is 4.79 Å². The van der Waals surface area contributed by atoms with Crippen LogP contribution in [0, 0.1) is 17.1 Å². The fourth-order valence-corrected chi connectivity index (χ4v) is 5.16. The lowest BCUT2D eigenvalue weighted by atomic mass is 9.85. The van der Waals surface area contributed by atoms with Gasteiger partial charge >= 0.3 is 0 Å². The SMILES string of the molecule is CC(C)c1cc(C#N)c(F)c(C(C)C)c1CC(=O)N=S(N)(=O)c1cc(C(C)(C)O)n(-c2ccccc2)n1. The molecule has 0 bridgehead atoms. The van der Waals surface area contributed by atoms with E-state index in [0.717, 1.165) is 0 Å². The largest absolute Gasteiger partial charge is 0.384 e. The van der Waals surface area contributed by atoms with Crippen LogP contribution in [-0.2, 0) is 26.7 Å². The summed E-state index contributed by atoms with van der Waals surface area (Å²) in [6.07, 6.45) is -0.338. The third-order valence-corrected chi connectivity index (χ3v) is 7.22. The molecule has 0 fully saturated rings. The van der Waals surface area contributed by atoms with E-state index in [1.54, 1.807) is 52.0 Å². The van der Waals surface area contributed by atoms with Crippen LogP contribution in [-0.4, -0.2) is 25.0 Å². The Balaban J connectivity index is 2.11. The highest BCUT2D eigenvalue weighted by Crippen LogP contribution is 2.33. The van der Waals surface area contributed by atoms with Gasteiger partial charge in [0.1, 0.15) is 17.5 Å². The van der Waals surface area contributed by atoms with Crippen LogP contribution in [0.4, 0.5) is 4.39 Å². The molecule has 10 heteroatoms. The standard InChI is InChI=1S/C27H32FN5O3S/c1-16(2)20-12-18(15-29)26(28)25(17(3)4)21(20)13-23(34)32-37(30,36)24-14-22(27(5,6)35)33(31-24)19-10-8-7-9-11-19/h7-12,14,16-17,35H,13H2,1-6H3,(H2,30,32,34,36). The topological polar surface area (TPSA) is 134 Å². The molecule has 2 aromatic carbocycles. The number of hydrogen-bond acceptors (Lipinski definition) is 5. The number of carbonyl (C=O) groups is 1. The molecule has 3 N–H and O–H groups in total. The number of rotatable bonds is 7. The van der Waals surface area contributed by atoms with Gasteiger partial charge in [-0.1, -0.05) is 45.9 Å². The number of halogens is 1. The lowest BCUT2D eigenvalue weighted by Gasteiger charge is -2.20. The minimum absolute atomic E-state index is 0.0891. The summed E-state index contributed by atoms with van der Waals surface area (Å²) in [5, 5.41) is 30.2. The molecule has 37 heavy (non-hydrogen) atoms. The minimum Gasteiger partial charge on any atom is -0.384 e. The number of carbonyl (C=O) groups excluding carboxylic acids is 1. The Hall–Kier alpha value is -3.39. The number of para-hydroxylation sites is 1. The van der Waals surface area contributed by atoms with Crippen LogP contribution in [0.1, 0.15) is 81.3 Å².